The molecule has 0 aliphatic carbocycles. The number of rotatable bonds is 4. The molecule has 0 radical (unpaired) electrons. The van der Waals surface area contributed by atoms with Crippen LogP contribution in [0.25, 0.3) is 0 Å². The molecule has 2 saturated heterocycles. The van der Waals surface area contributed by atoms with Gasteiger partial charge in [0.25, 0.3) is 0 Å². The lowest BCUT2D eigenvalue weighted by Crippen LogP contribution is -2.53. The topological polar surface area (TPSA) is 118 Å². The van der Waals surface area contributed by atoms with Gasteiger partial charge in [0.05, 0.1) is 18.9 Å². The average Bonchev–Trinajstić information content (AvgIpc) is 3.31. The van der Waals surface area contributed by atoms with Crippen molar-refractivity contribution < 1.29 is 37.0 Å². The summed E-state index contributed by atoms with van der Waals surface area (Å²) in [5, 5.41) is 10.1. The second-order valence-corrected chi connectivity index (χ2v) is 7.35. The maximum Gasteiger partial charge on any atom is 0.490 e. The van der Waals surface area contributed by atoms with Crippen LogP contribution in [0.15, 0.2) is 41.3 Å². The molecule has 0 aromatic carbocycles. The van der Waals surface area contributed by atoms with Crippen molar-refractivity contribution in [3.8, 4) is 0 Å². The summed E-state index contributed by atoms with van der Waals surface area (Å²) in [6, 6.07) is 5.50. The average molecular weight is 456 g/mol. The van der Waals surface area contributed by atoms with Gasteiger partial charge in [0.15, 0.2) is 0 Å². The van der Waals surface area contributed by atoms with E-state index in [1.54, 1.807) is 18.7 Å². The van der Waals surface area contributed by atoms with E-state index in [1.807, 2.05) is 18.2 Å². The standard InChI is InChI=1S/C18H22N4O3.C2HF3O2/c23-17(21-11-13-3-1-9-24-13)14-5-10-25-16-4-8-22(12-15(14)16)18-19-6-2-7-20-18;3-2(4,5)1(6)7/h1-3,6-7,9,14-16H,4-5,8,10-12H2,(H,21,23);(H,6,7)/t14-,15+,16-;/m1./s1. The zero-order valence-electron chi connectivity index (χ0n) is 17.0. The number of carboxylic acids is 1. The Hall–Kier alpha value is -3.15. The molecule has 2 N–H and O–H groups in total. The number of alkyl halides is 3. The summed E-state index contributed by atoms with van der Waals surface area (Å²) >= 11 is 0. The van der Waals surface area contributed by atoms with E-state index >= 15 is 0 Å². The van der Waals surface area contributed by atoms with Crippen LogP contribution in [0.2, 0.25) is 0 Å². The lowest BCUT2D eigenvalue weighted by Gasteiger charge is -2.44. The maximum atomic E-state index is 12.7. The van der Waals surface area contributed by atoms with Crippen molar-refractivity contribution in [1.82, 2.24) is 15.3 Å². The van der Waals surface area contributed by atoms with Gasteiger partial charge < -0.3 is 24.5 Å². The van der Waals surface area contributed by atoms with Crippen molar-refractivity contribution in [2.45, 2.75) is 31.7 Å². The Labute approximate surface area is 181 Å². The Balaban J connectivity index is 0.000000360. The highest BCUT2D eigenvalue weighted by molar-refractivity contribution is 5.79. The van der Waals surface area contributed by atoms with Gasteiger partial charge in [0, 0.05) is 43.9 Å². The number of nitrogens with one attached hydrogen (secondary N) is 1. The molecule has 0 bridgehead atoms. The van der Waals surface area contributed by atoms with Crippen molar-refractivity contribution >= 4 is 17.8 Å². The van der Waals surface area contributed by atoms with Crippen LogP contribution in [0.5, 0.6) is 0 Å². The molecular formula is C20H23F3N4O5. The number of anilines is 1. The Morgan fingerprint density at radius 2 is 1.94 bits per heavy atom. The Morgan fingerprint density at radius 1 is 1.22 bits per heavy atom. The number of hydrogen-bond acceptors (Lipinski definition) is 7. The van der Waals surface area contributed by atoms with Crippen molar-refractivity contribution in [2.75, 3.05) is 24.6 Å². The van der Waals surface area contributed by atoms with Gasteiger partial charge in [-0.1, -0.05) is 0 Å². The molecule has 2 fully saturated rings. The number of carboxylic acid groups (broad SMARTS) is 1. The van der Waals surface area contributed by atoms with Crippen LogP contribution in [0.3, 0.4) is 0 Å². The summed E-state index contributed by atoms with van der Waals surface area (Å²) in [6.45, 7) is 2.66. The Bertz CT molecular complexity index is 879. The lowest BCUT2D eigenvalue weighted by atomic mass is 9.79. The summed E-state index contributed by atoms with van der Waals surface area (Å²) in [6.07, 6.45) is 1.80. The molecule has 2 aliphatic heterocycles. The highest BCUT2D eigenvalue weighted by atomic mass is 19.4. The predicted octanol–water partition coefficient (Wildman–Crippen LogP) is 2.25. The molecular weight excluding hydrogens is 433 g/mol. The minimum atomic E-state index is -5.08. The van der Waals surface area contributed by atoms with Crippen LogP contribution < -0.4 is 10.2 Å². The van der Waals surface area contributed by atoms with Gasteiger partial charge in [0.1, 0.15) is 5.76 Å². The number of aromatic nitrogens is 2. The number of carbonyl (C=O) groups is 2. The number of carbonyl (C=O) groups excluding carboxylic acids is 1. The zero-order chi connectivity index (χ0) is 23.1. The highest BCUT2D eigenvalue weighted by Crippen LogP contribution is 2.34. The third-order valence-electron chi connectivity index (χ3n) is 5.30. The zero-order valence-corrected chi connectivity index (χ0v) is 17.0. The second kappa shape index (κ2) is 10.4. The van der Waals surface area contributed by atoms with E-state index in [2.05, 4.69) is 20.2 Å². The smallest absolute Gasteiger partial charge is 0.475 e. The molecule has 32 heavy (non-hydrogen) atoms. The fourth-order valence-electron chi connectivity index (χ4n) is 3.79. The van der Waals surface area contributed by atoms with Crippen molar-refractivity contribution in [1.29, 1.82) is 0 Å². The quantitative estimate of drug-likeness (QED) is 0.720. The van der Waals surface area contributed by atoms with Crippen molar-refractivity contribution in [3.05, 3.63) is 42.6 Å². The number of ether oxygens (including phenoxy) is 1. The Morgan fingerprint density at radius 3 is 2.56 bits per heavy atom. The van der Waals surface area contributed by atoms with Gasteiger partial charge in [-0.15, -0.1) is 0 Å². The number of halogens is 3. The lowest BCUT2D eigenvalue weighted by molar-refractivity contribution is -0.192. The van der Waals surface area contributed by atoms with Crippen LogP contribution in [0, 0.1) is 11.8 Å². The number of furan rings is 1. The molecule has 1 amide bonds. The molecule has 4 rings (SSSR count). The van der Waals surface area contributed by atoms with Crippen LogP contribution in [-0.4, -0.2) is 58.9 Å². The van der Waals surface area contributed by atoms with E-state index < -0.39 is 12.1 Å². The van der Waals surface area contributed by atoms with E-state index in [-0.39, 0.29) is 23.8 Å². The third kappa shape index (κ3) is 6.19. The molecule has 0 saturated carbocycles. The number of hydrogen-bond donors (Lipinski definition) is 2. The predicted molar refractivity (Wildman–Crippen MR) is 104 cm³/mol. The van der Waals surface area contributed by atoms with Gasteiger partial charge in [0.2, 0.25) is 11.9 Å². The number of nitrogens with zero attached hydrogens (tertiary/aromatic N) is 3. The molecule has 2 aromatic heterocycles. The summed E-state index contributed by atoms with van der Waals surface area (Å²) in [5.74, 6) is -1.10. The first kappa shape index (κ1) is 23.5. The minimum absolute atomic E-state index is 0.0553. The molecule has 12 heteroatoms. The van der Waals surface area contributed by atoms with E-state index in [9.17, 15) is 18.0 Å². The first-order valence-corrected chi connectivity index (χ1v) is 9.99. The maximum absolute atomic E-state index is 12.7. The van der Waals surface area contributed by atoms with E-state index in [4.69, 9.17) is 19.1 Å². The van der Waals surface area contributed by atoms with E-state index in [0.29, 0.717) is 13.2 Å². The highest BCUT2D eigenvalue weighted by Gasteiger charge is 2.42. The van der Waals surface area contributed by atoms with Crippen LogP contribution >= 0.6 is 0 Å². The summed E-state index contributed by atoms with van der Waals surface area (Å²) in [4.78, 5) is 32.5. The Kier molecular flexibility index (Phi) is 7.67. The number of amides is 1. The number of fused-ring (bicyclic) bond motifs is 1. The third-order valence-corrected chi connectivity index (χ3v) is 5.30. The molecule has 3 atom stereocenters. The molecule has 0 spiro atoms. The van der Waals surface area contributed by atoms with Gasteiger partial charge in [-0.25, -0.2) is 14.8 Å². The largest absolute Gasteiger partial charge is 0.490 e. The number of piperidine rings is 1. The summed E-state index contributed by atoms with van der Waals surface area (Å²) < 4.78 is 43.0. The van der Waals surface area contributed by atoms with E-state index in [0.717, 1.165) is 37.6 Å². The fraction of sp³-hybridized carbons (Fsp3) is 0.500. The van der Waals surface area contributed by atoms with Crippen LogP contribution in [-0.2, 0) is 20.9 Å². The van der Waals surface area contributed by atoms with Gasteiger partial charge in [-0.2, -0.15) is 13.2 Å². The molecule has 9 nitrogen and oxygen atoms in total. The molecule has 4 heterocycles. The molecule has 2 aliphatic rings. The van der Waals surface area contributed by atoms with Gasteiger partial charge in [-0.05, 0) is 31.0 Å². The second-order valence-electron chi connectivity index (χ2n) is 7.35. The van der Waals surface area contributed by atoms with Gasteiger partial charge in [-0.3, -0.25) is 4.79 Å². The normalized spacial score (nSPS) is 22.8. The monoisotopic (exact) mass is 456 g/mol. The van der Waals surface area contributed by atoms with Crippen LogP contribution in [0.1, 0.15) is 18.6 Å². The van der Waals surface area contributed by atoms with E-state index in [1.165, 1.54) is 0 Å². The molecule has 2 aromatic rings. The summed E-state index contributed by atoms with van der Waals surface area (Å²) in [5.41, 5.74) is 0. The SMILES string of the molecule is O=C(NCc1ccco1)[C@@H]1CCO[C@@H]2CCN(c3ncccn3)C[C@H]21.O=C(O)C(F)(F)F. The van der Waals surface area contributed by atoms with Crippen LogP contribution in [0.4, 0.5) is 19.1 Å². The fourth-order valence-corrected chi connectivity index (χ4v) is 3.79. The molecule has 174 valence electrons. The first-order chi connectivity index (χ1) is 15.3. The number of aliphatic carboxylic acids is 1. The first-order valence-electron chi connectivity index (χ1n) is 9.99. The molecule has 0 unspecified atom stereocenters. The minimum Gasteiger partial charge on any atom is -0.475 e. The van der Waals surface area contributed by atoms with Crippen molar-refractivity contribution in [3.63, 3.8) is 0 Å². The van der Waals surface area contributed by atoms with Crippen molar-refractivity contribution in [2.24, 2.45) is 11.8 Å². The summed E-state index contributed by atoms with van der Waals surface area (Å²) in [7, 11) is 0. The van der Waals surface area contributed by atoms with Gasteiger partial charge >= 0.3 is 12.1 Å².